The number of aliphatic carboxylic acids is 1. The van der Waals surface area contributed by atoms with Crippen LogP contribution in [0, 0.1) is 0 Å². The van der Waals surface area contributed by atoms with Crippen molar-refractivity contribution in [3.05, 3.63) is 18.2 Å². The number of carboxylic acids is 1. The Morgan fingerprint density at radius 3 is 2.35 bits per heavy atom. The summed E-state index contributed by atoms with van der Waals surface area (Å²) in [5.74, 6) is -3.71. The molecule has 26 heavy (non-hydrogen) atoms. The van der Waals surface area contributed by atoms with Crippen molar-refractivity contribution in [1.82, 2.24) is 20.6 Å². The van der Waals surface area contributed by atoms with Gasteiger partial charge in [0.1, 0.15) is 12.1 Å². The van der Waals surface area contributed by atoms with Crippen LogP contribution in [0.3, 0.4) is 0 Å². The number of carboxylic acid groups (broad SMARTS) is 1. The normalized spacial score (nSPS) is 14.1. The molecule has 12 nitrogen and oxygen atoms in total. The third kappa shape index (κ3) is 6.86. The molecule has 0 aliphatic rings. The molecule has 0 aromatic carbocycles. The number of aliphatic hydroxyl groups excluding tert-OH is 1. The van der Waals surface area contributed by atoms with E-state index in [4.69, 9.17) is 21.7 Å². The van der Waals surface area contributed by atoms with E-state index in [1.807, 2.05) is 0 Å². The molecule has 3 atom stereocenters. The number of aromatic nitrogens is 2. The third-order valence-corrected chi connectivity index (χ3v) is 3.44. The third-order valence-electron chi connectivity index (χ3n) is 3.44. The zero-order chi connectivity index (χ0) is 19.7. The van der Waals surface area contributed by atoms with Gasteiger partial charge in [-0.05, 0) is 6.42 Å². The van der Waals surface area contributed by atoms with Crippen LogP contribution in [0.15, 0.2) is 12.5 Å². The van der Waals surface area contributed by atoms with Gasteiger partial charge in [-0.25, -0.2) is 9.78 Å². The molecule has 1 rings (SSSR count). The highest BCUT2D eigenvalue weighted by molar-refractivity contribution is 5.92. The molecule has 0 aliphatic carbocycles. The lowest BCUT2D eigenvalue weighted by Gasteiger charge is -2.22. The molecule has 12 heteroatoms. The fraction of sp³-hybridized carbons (Fsp3) is 0.500. The molecular formula is C14H22N6O6. The van der Waals surface area contributed by atoms with Crippen molar-refractivity contribution in [2.75, 3.05) is 6.61 Å². The van der Waals surface area contributed by atoms with Crippen LogP contribution in [0.25, 0.3) is 0 Å². The molecule has 0 fully saturated rings. The van der Waals surface area contributed by atoms with E-state index in [1.54, 1.807) is 0 Å². The van der Waals surface area contributed by atoms with E-state index in [1.165, 1.54) is 12.5 Å². The quantitative estimate of drug-likeness (QED) is 0.208. The zero-order valence-corrected chi connectivity index (χ0v) is 13.8. The van der Waals surface area contributed by atoms with Crippen LogP contribution in [0.1, 0.15) is 18.5 Å². The average Bonchev–Trinajstić information content (AvgIpc) is 3.08. The summed E-state index contributed by atoms with van der Waals surface area (Å²) in [5.41, 5.74) is 11.4. The molecule has 9 N–H and O–H groups in total. The second kappa shape index (κ2) is 10.1. The van der Waals surface area contributed by atoms with Crippen molar-refractivity contribution in [1.29, 1.82) is 0 Å². The number of nitrogens with two attached hydrogens (primary N) is 2. The minimum Gasteiger partial charge on any atom is -0.480 e. The van der Waals surface area contributed by atoms with E-state index in [0.717, 1.165) is 0 Å². The first-order valence-electron chi connectivity index (χ1n) is 7.70. The van der Waals surface area contributed by atoms with Crippen LogP contribution in [-0.2, 0) is 25.6 Å². The van der Waals surface area contributed by atoms with Crippen molar-refractivity contribution in [3.8, 4) is 0 Å². The van der Waals surface area contributed by atoms with Crippen LogP contribution in [0.2, 0.25) is 0 Å². The highest BCUT2D eigenvalue weighted by Crippen LogP contribution is 2.02. The Labute approximate surface area is 148 Å². The summed E-state index contributed by atoms with van der Waals surface area (Å²) in [4.78, 5) is 52.8. The Morgan fingerprint density at radius 2 is 1.85 bits per heavy atom. The van der Waals surface area contributed by atoms with Crippen LogP contribution in [-0.4, -0.2) is 68.6 Å². The van der Waals surface area contributed by atoms with Crippen molar-refractivity contribution >= 4 is 23.7 Å². The number of carbonyl (C=O) groups excluding carboxylic acids is 3. The lowest BCUT2D eigenvalue weighted by Crippen LogP contribution is -2.55. The molecule has 3 unspecified atom stereocenters. The summed E-state index contributed by atoms with van der Waals surface area (Å²) in [7, 11) is 0. The first kappa shape index (κ1) is 21.1. The lowest BCUT2D eigenvalue weighted by atomic mass is 10.1. The molecule has 0 radical (unpaired) electrons. The van der Waals surface area contributed by atoms with E-state index in [9.17, 15) is 19.2 Å². The van der Waals surface area contributed by atoms with E-state index in [0.29, 0.717) is 5.69 Å². The van der Waals surface area contributed by atoms with Gasteiger partial charge in [0.2, 0.25) is 17.7 Å². The number of amides is 3. The summed E-state index contributed by atoms with van der Waals surface area (Å²) in [6, 6.07) is -3.79. The molecule has 0 spiro atoms. The summed E-state index contributed by atoms with van der Waals surface area (Å²) >= 11 is 0. The number of imidazole rings is 1. The molecule has 144 valence electrons. The number of primary amides is 1. The maximum Gasteiger partial charge on any atom is 0.328 e. The average molecular weight is 370 g/mol. The minimum absolute atomic E-state index is 0.129. The Bertz CT molecular complexity index is 634. The highest BCUT2D eigenvalue weighted by Gasteiger charge is 2.28. The van der Waals surface area contributed by atoms with E-state index < -0.39 is 48.4 Å². The highest BCUT2D eigenvalue weighted by atomic mass is 16.4. The standard InChI is InChI=1S/C14H22N6O6/c15-8(3-7-4-17-6-18-7)12(23)19-9(1-2-11(16)22)13(24)20-10(5-21)14(25)26/h4,6,8-10,21H,1-3,5,15H2,(H2,16,22)(H,17,18)(H,19,23)(H,20,24)(H,25,26). The molecule has 1 aromatic rings. The number of hydrogen-bond acceptors (Lipinski definition) is 7. The molecule has 1 aromatic heterocycles. The van der Waals surface area contributed by atoms with Gasteiger partial charge in [0, 0.05) is 24.7 Å². The van der Waals surface area contributed by atoms with E-state index >= 15 is 0 Å². The maximum atomic E-state index is 12.2. The molecule has 0 bridgehead atoms. The van der Waals surface area contributed by atoms with Crippen LogP contribution >= 0.6 is 0 Å². The van der Waals surface area contributed by atoms with Gasteiger partial charge < -0.3 is 37.3 Å². The molecule has 0 saturated carbocycles. The van der Waals surface area contributed by atoms with Gasteiger partial charge >= 0.3 is 5.97 Å². The SMILES string of the molecule is NC(=O)CCC(NC(=O)C(N)Cc1cnc[nH]1)C(=O)NC(CO)C(=O)O. The first-order valence-corrected chi connectivity index (χ1v) is 7.70. The summed E-state index contributed by atoms with van der Waals surface area (Å²) < 4.78 is 0. The predicted octanol–water partition coefficient (Wildman–Crippen LogP) is -3.41. The summed E-state index contributed by atoms with van der Waals surface area (Å²) in [5, 5.41) is 22.3. The van der Waals surface area contributed by atoms with Gasteiger partial charge in [-0.3, -0.25) is 14.4 Å². The predicted molar refractivity (Wildman–Crippen MR) is 87.3 cm³/mol. The summed E-state index contributed by atoms with van der Waals surface area (Å²) in [6.45, 7) is -0.836. The smallest absolute Gasteiger partial charge is 0.328 e. The fourth-order valence-corrected chi connectivity index (χ4v) is 2.02. The molecule has 0 saturated heterocycles. The van der Waals surface area contributed by atoms with Gasteiger partial charge in [-0.15, -0.1) is 0 Å². The van der Waals surface area contributed by atoms with Crippen LogP contribution < -0.4 is 22.1 Å². The number of H-pyrrole nitrogens is 1. The first-order chi connectivity index (χ1) is 12.2. The van der Waals surface area contributed by atoms with Crippen molar-refractivity contribution in [2.45, 2.75) is 37.4 Å². The number of rotatable bonds is 11. The van der Waals surface area contributed by atoms with Gasteiger partial charge in [0.25, 0.3) is 0 Å². The molecule has 0 aliphatic heterocycles. The largest absolute Gasteiger partial charge is 0.480 e. The molecule has 1 heterocycles. The van der Waals surface area contributed by atoms with Crippen molar-refractivity contribution in [3.63, 3.8) is 0 Å². The number of aliphatic hydroxyl groups is 1. The minimum atomic E-state index is -1.55. The summed E-state index contributed by atoms with van der Waals surface area (Å²) in [6.07, 6.45) is 2.67. The Kier molecular flexibility index (Phi) is 8.18. The van der Waals surface area contributed by atoms with Gasteiger partial charge in [0.15, 0.2) is 0 Å². The Hall–Kier alpha value is -2.99. The topological polar surface area (TPSA) is 214 Å². The fourth-order valence-electron chi connectivity index (χ4n) is 2.02. The van der Waals surface area contributed by atoms with Gasteiger partial charge in [-0.2, -0.15) is 0 Å². The van der Waals surface area contributed by atoms with Crippen molar-refractivity contribution < 1.29 is 29.4 Å². The van der Waals surface area contributed by atoms with E-state index in [2.05, 4.69) is 20.6 Å². The van der Waals surface area contributed by atoms with Crippen molar-refractivity contribution in [2.24, 2.45) is 11.5 Å². The monoisotopic (exact) mass is 370 g/mol. The molecule has 3 amide bonds. The van der Waals surface area contributed by atoms with Crippen LogP contribution in [0.4, 0.5) is 0 Å². The second-order valence-corrected chi connectivity index (χ2v) is 5.54. The number of hydrogen-bond donors (Lipinski definition) is 7. The number of nitrogens with zero attached hydrogens (tertiary/aromatic N) is 1. The Morgan fingerprint density at radius 1 is 1.19 bits per heavy atom. The van der Waals surface area contributed by atoms with Crippen LogP contribution in [0.5, 0.6) is 0 Å². The van der Waals surface area contributed by atoms with Gasteiger partial charge in [-0.1, -0.05) is 0 Å². The number of nitrogens with one attached hydrogen (secondary N) is 3. The van der Waals surface area contributed by atoms with Gasteiger partial charge in [0.05, 0.1) is 19.0 Å². The Balaban J connectivity index is 2.74. The maximum absolute atomic E-state index is 12.2. The van der Waals surface area contributed by atoms with E-state index in [-0.39, 0.29) is 19.3 Å². The molecular weight excluding hydrogens is 348 g/mol. The zero-order valence-electron chi connectivity index (χ0n) is 13.8. The lowest BCUT2D eigenvalue weighted by molar-refractivity contribution is -0.143. The number of aromatic amines is 1. The second-order valence-electron chi connectivity index (χ2n) is 5.54. The number of carbonyl (C=O) groups is 4.